The van der Waals surface area contributed by atoms with Crippen molar-refractivity contribution in [3.05, 3.63) is 122 Å². The average molecular weight is 527 g/mol. The van der Waals surface area contributed by atoms with Crippen LogP contribution in [0.3, 0.4) is 0 Å². The van der Waals surface area contributed by atoms with E-state index in [2.05, 4.69) is 0 Å². The topological polar surface area (TPSA) is 33.5 Å². The Hall–Kier alpha value is -2.95. The number of hydrogen-bond acceptors (Lipinski definition) is 2. The van der Waals surface area contributed by atoms with Gasteiger partial charge in [-0.15, -0.1) is 0 Å². The van der Waals surface area contributed by atoms with Crippen molar-refractivity contribution < 1.29 is 9.21 Å². The van der Waals surface area contributed by atoms with Crippen LogP contribution in [0.15, 0.2) is 94.9 Å². The van der Waals surface area contributed by atoms with Gasteiger partial charge in [0.2, 0.25) is 0 Å². The lowest BCUT2D eigenvalue weighted by molar-refractivity contribution is -0.113. The van der Waals surface area contributed by atoms with Crippen molar-refractivity contribution in [2.24, 2.45) is 0 Å². The molecular formula is C27H15Cl4NO2. The second-order valence-electron chi connectivity index (χ2n) is 7.56. The summed E-state index contributed by atoms with van der Waals surface area (Å²) in [7, 11) is 0. The first kappa shape index (κ1) is 22.8. The Kier molecular flexibility index (Phi) is 6.28. The monoisotopic (exact) mass is 525 g/mol. The van der Waals surface area contributed by atoms with Crippen LogP contribution in [0.4, 0.5) is 5.69 Å². The van der Waals surface area contributed by atoms with Crippen LogP contribution in [0, 0.1) is 0 Å². The van der Waals surface area contributed by atoms with Crippen molar-refractivity contribution in [2.75, 3.05) is 4.90 Å². The number of anilines is 1. The van der Waals surface area contributed by atoms with Gasteiger partial charge in [-0.1, -0.05) is 76.7 Å². The summed E-state index contributed by atoms with van der Waals surface area (Å²) in [4.78, 5) is 15.1. The van der Waals surface area contributed by atoms with Gasteiger partial charge in [0, 0.05) is 21.2 Å². The molecule has 0 saturated heterocycles. The molecule has 0 bridgehead atoms. The van der Waals surface area contributed by atoms with Gasteiger partial charge in [0.05, 0.1) is 21.4 Å². The van der Waals surface area contributed by atoms with Crippen molar-refractivity contribution in [3.8, 4) is 11.3 Å². The molecule has 3 aromatic carbocycles. The van der Waals surface area contributed by atoms with E-state index in [1.165, 1.54) is 0 Å². The summed E-state index contributed by atoms with van der Waals surface area (Å²) in [5, 5.41) is 1.93. The molecule has 0 radical (unpaired) electrons. The first-order chi connectivity index (χ1) is 16.4. The van der Waals surface area contributed by atoms with E-state index >= 15 is 0 Å². The molecule has 1 aliphatic rings. The van der Waals surface area contributed by atoms with Crippen molar-refractivity contribution in [1.29, 1.82) is 0 Å². The Morgan fingerprint density at radius 3 is 2.26 bits per heavy atom. The van der Waals surface area contributed by atoms with E-state index in [0.29, 0.717) is 54.1 Å². The number of amides is 1. The van der Waals surface area contributed by atoms with Gasteiger partial charge in [-0.05, 0) is 66.2 Å². The molecule has 0 spiro atoms. The number of nitrogens with zero attached hydrogens (tertiary/aromatic N) is 1. The highest BCUT2D eigenvalue weighted by Gasteiger charge is 2.32. The first-order valence-corrected chi connectivity index (χ1v) is 11.8. The maximum atomic E-state index is 13.5. The number of halogens is 4. The molecular weight excluding hydrogens is 512 g/mol. The van der Waals surface area contributed by atoms with Crippen molar-refractivity contribution >= 4 is 69.8 Å². The largest absolute Gasteiger partial charge is 0.457 e. The normalized spacial score (nSPS) is 14.7. The highest BCUT2D eigenvalue weighted by atomic mass is 35.5. The fraction of sp³-hybridized carbons (Fsp3) is 0. The molecule has 168 valence electrons. The van der Waals surface area contributed by atoms with E-state index in [4.69, 9.17) is 50.8 Å². The van der Waals surface area contributed by atoms with Crippen molar-refractivity contribution in [3.63, 3.8) is 0 Å². The molecule has 3 nitrogen and oxygen atoms in total. The van der Waals surface area contributed by atoms with Crippen LogP contribution < -0.4 is 4.90 Å². The summed E-state index contributed by atoms with van der Waals surface area (Å²) in [6.45, 7) is 0. The number of benzene rings is 3. The predicted molar refractivity (Wildman–Crippen MR) is 141 cm³/mol. The van der Waals surface area contributed by atoms with Gasteiger partial charge in [0.1, 0.15) is 11.5 Å². The van der Waals surface area contributed by atoms with Crippen LogP contribution in [0.1, 0.15) is 11.3 Å². The lowest BCUT2D eigenvalue weighted by atomic mass is 10.1. The summed E-state index contributed by atoms with van der Waals surface area (Å²) in [6, 6.07) is 23.4. The maximum Gasteiger partial charge on any atom is 0.263 e. The second-order valence-corrected chi connectivity index (χ2v) is 9.25. The van der Waals surface area contributed by atoms with Crippen LogP contribution >= 0.6 is 46.4 Å². The number of rotatable bonds is 4. The minimum atomic E-state index is -0.234. The first-order valence-electron chi connectivity index (χ1n) is 10.2. The van der Waals surface area contributed by atoms with Gasteiger partial charge in [0.15, 0.2) is 0 Å². The molecule has 5 rings (SSSR count). The summed E-state index contributed by atoms with van der Waals surface area (Å²) >= 11 is 25.0. The third-order valence-electron chi connectivity index (χ3n) is 5.32. The van der Waals surface area contributed by atoms with Crippen LogP contribution in [0.2, 0.25) is 20.1 Å². The molecule has 34 heavy (non-hydrogen) atoms. The van der Waals surface area contributed by atoms with Gasteiger partial charge in [-0.2, -0.15) is 0 Å². The zero-order valence-corrected chi connectivity index (χ0v) is 20.5. The van der Waals surface area contributed by atoms with E-state index in [1.54, 1.807) is 59.5 Å². The quantitative estimate of drug-likeness (QED) is 0.248. The van der Waals surface area contributed by atoms with Gasteiger partial charge < -0.3 is 4.42 Å². The van der Waals surface area contributed by atoms with Crippen LogP contribution in [0.5, 0.6) is 0 Å². The third kappa shape index (κ3) is 4.40. The van der Waals surface area contributed by atoms with E-state index < -0.39 is 0 Å². The zero-order chi connectivity index (χ0) is 23.8. The Bertz CT molecular complexity index is 1470. The van der Waals surface area contributed by atoms with E-state index in [-0.39, 0.29) is 5.91 Å². The molecule has 1 amide bonds. The molecule has 1 aliphatic heterocycles. The van der Waals surface area contributed by atoms with Crippen LogP contribution in [0.25, 0.3) is 23.1 Å². The summed E-state index contributed by atoms with van der Waals surface area (Å²) < 4.78 is 5.97. The highest BCUT2D eigenvalue weighted by molar-refractivity contribution is 6.38. The Morgan fingerprint density at radius 1 is 0.765 bits per heavy atom. The minimum absolute atomic E-state index is 0.234. The number of furan rings is 1. The van der Waals surface area contributed by atoms with Crippen LogP contribution in [-0.4, -0.2) is 5.91 Å². The SMILES string of the molecule is O=C1/C(=C/c2ccc(-c3cc(Cl)ccc3Cl)o2)C=C(c2ccccc2)N1c1ccc(Cl)cc1Cl. The van der Waals surface area contributed by atoms with Gasteiger partial charge in [-0.25, -0.2) is 0 Å². The fourth-order valence-corrected chi connectivity index (χ4v) is 4.63. The Labute approximate surface area is 216 Å². The summed E-state index contributed by atoms with van der Waals surface area (Å²) in [5.41, 5.74) is 3.23. The van der Waals surface area contributed by atoms with Gasteiger partial charge >= 0.3 is 0 Å². The minimum Gasteiger partial charge on any atom is -0.457 e. The molecule has 1 aromatic heterocycles. The zero-order valence-electron chi connectivity index (χ0n) is 17.4. The number of carbonyl (C=O) groups is 1. The molecule has 7 heteroatoms. The molecule has 0 fully saturated rings. The third-order valence-corrected chi connectivity index (χ3v) is 6.42. The summed E-state index contributed by atoms with van der Waals surface area (Å²) in [5.74, 6) is 0.818. The molecule has 0 aliphatic carbocycles. The standard InChI is InChI=1S/C27H15Cl4NO2/c28-18-6-9-22(30)21(14-18)26-11-8-20(34-26)12-17-13-25(16-4-2-1-3-5-16)32(27(17)33)24-10-7-19(29)15-23(24)31/h1-15H/b17-12+. The van der Waals surface area contributed by atoms with Crippen molar-refractivity contribution in [1.82, 2.24) is 0 Å². The van der Waals surface area contributed by atoms with Crippen molar-refractivity contribution in [2.45, 2.75) is 0 Å². The van der Waals surface area contributed by atoms with E-state index in [0.717, 1.165) is 5.56 Å². The molecule has 2 heterocycles. The summed E-state index contributed by atoms with van der Waals surface area (Å²) in [6.07, 6.45) is 3.51. The van der Waals surface area contributed by atoms with E-state index in [9.17, 15) is 4.79 Å². The highest BCUT2D eigenvalue weighted by Crippen LogP contribution is 2.40. The van der Waals surface area contributed by atoms with E-state index in [1.807, 2.05) is 36.4 Å². The fourth-order valence-electron chi connectivity index (χ4n) is 3.75. The van der Waals surface area contributed by atoms with Crippen LogP contribution in [-0.2, 0) is 4.79 Å². The molecule has 0 unspecified atom stereocenters. The molecule has 4 aromatic rings. The molecule has 0 atom stereocenters. The number of hydrogen-bond donors (Lipinski definition) is 0. The Balaban J connectivity index is 1.57. The maximum absolute atomic E-state index is 13.5. The van der Waals surface area contributed by atoms with Gasteiger partial charge in [-0.3, -0.25) is 9.69 Å². The second kappa shape index (κ2) is 9.36. The predicted octanol–water partition coefficient (Wildman–Crippen LogP) is 9.03. The lowest BCUT2D eigenvalue weighted by Crippen LogP contribution is -2.25. The smallest absolute Gasteiger partial charge is 0.263 e. The van der Waals surface area contributed by atoms with Gasteiger partial charge in [0.25, 0.3) is 5.91 Å². The number of carbonyl (C=O) groups excluding carboxylic acids is 1. The lowest BCUT2D eigenvalue weighted by Gasteiger charge is -2.22. The Morgan fingerprint density at radius 2 is 1.50 bits per heavy atom. The average Bonchev–Trinajstić information content (AvgIpc) is 3.41. The molecule has 0 saturated carbocycles. The molecule has 0 N–H and O–H groups in total.